The van der Waals surface area contributed by atoms with E-state index in [0.29, 0.717) is 5.82 Å². The van der Waals surface area contributed by atoms with Gasteiger partial charge in [0.05, 0.1) is 23.6 Å². The van der Waals surface area contributed by atoms with Crippen molar-refractivity contribution in [2.45, 2.75) is 26.8 Å². The maximum atomic E-state index is 11.6. The van der Waals surface area contributed by atoms with Crippen LogP contribution < -0.4 is 10.6 Å². The third kappa shape index (κ3) is 3.34. The van der Waals surface area contributed by atoms with Crippen LogP contribution >= 0.6 is 0 Å². The maximum absolute atomic E-state index is 11.6. The van der Waals surface area contributed by atoms with E-state index in [1.54, 1.807) is 0 Å². The number of fused-ring (bicyclic) bond motifs is 1. The molecule has 0 fully saturated rings. The SMILES string of the molecule is CC(=O)NCC(=O)NC(C)c1nc2ccc(C)cc2[nH]1. The van der Waals surface area contributed by atoms with E-state index < -0.39 is 0 Å². The summed E-state index contributed by atoms with van der Waals surface area (Å²) in [6.07, 6.45) is 0. The molecule has 1 unspecified atom stereocenters. The van der Waals surface area contributed by atoms with Crippen molar-refractivity contribution in [1.82, 2.24) is 20.6 Å². The molecule has 6 heteroatoms. The number of benzene rings is 1. The van der Waals surface area contributed by atoms with Gasteiger partial charge in [0.15, 0.2) is 0 Å². The fourth-order valence-electron chi connectivity index (χ4n) is 1.91. The minimum absolute atomic E-state index is 0.0288. The van der Waals surface area contributed by atoms with Gasteiger partial charge >= 0.3 is 0 Å². The molecule has 0 saturated heterocycles. The molecule has 1 aromatic heterocycles. The largest absolute Gasteiger partial charge is 0.347 e. The van der Waals surface area contributed by atoms with Crippen molar-refractivity contribution in [1.29, 1.82) is 0 Å². The summed E-state index contributed by atoms with van der Waals surface area (Å²) in [5.41, 5.74) is 2.96. The summed E-state index contributed by atoms with van der Waals surface area (Å²) >= 11 is 0. The number of amides is 2. The van der Waals surface area contributed by atoms with E-state index >= 15 is 0 Å². The first-order chi connectivity index (χ1) is 9.45. The lowest BCUT2D eigenvalue weighted by molar-refractivity contribution is -0.125. The molecular weight excluding hydrogens is 256 g/mol. The van der Waals surface area contributed by atoms with E-state index in [1.165, 1.54) is 6.92 Å². The number of rotatable bonds is 4. The van der Waals surface area contributed by atoms with Crippen molar-refractivity contribution >= 4 is 22.8 Å². The monoisotopic (exact) mass is 274 g/mol. The Morgan fingerprint density at radius 2 is 2.15 bits per heavy atom. The zero-order valence-electron chi connectivity index (χ0n) is 11.8. The molecule has 1 heterocycles. The average Bonchev–Trinajstić information content (AvgIpc) is 2.79. The molecule has 1 aromatic carbocycles. The van der Waals surface area contributed by atoms with Crippen LogP contribution in [-0.4, -0.2) is 28.3 Å². The molecule has 0 radical (unpaired) electrons. The van der Waals surface area contributed by atoms with Crippen LogP contribution in [0.5, 0.6) is 0 Å². The number of aryl methyl sites for hydroxylation is 1. The van der Waals surface area contributed by atoms with Gasteiger partial charge in [0.1, 0.15) is 5.82 Å². The normalized spacial score (nSPS) is 12.2. The maximum Gasteiger partial charge on any atom is 0.239 e. The predicted octanol–water partition coefficient (Wildman–Crippen LogP) is 1.18. The van der Waals surface area contributed by atoms with Crippen LogP contribution in [0.3, 0.4) is 0 Å². The van der Waals surface area contributed by atoms with Crippen LogP contribution in [0.4, 0.5) is 0 Å². The van der Waals surface area contributed by atoms with Crippen molar-refractivity contribution in [3.8, 4) is 0 Å². The summed E-state index contributed by atoms with van der Waals surface area (Å²) in [5.74, 6) is 0.220. The molecule has 106 valence electrons. The van der Waals surface area contributed by atoms with Gasteiger partial charge in [0.2, 0.25) is 11.8 Å². The molecule has 0 saturated carbocycles. The van der Waals surface area contributed by atoms with E-state index in [2.05, 4.69) is 20.6 Å². The minimum Gasteiger partial charge on any atom is -0.347 e. The smallest absolute Gasteiger partial charge is 0.239 e. The standard InChI is InChI=1S/C14H18N4O2/c1-8-4-5-11-12(6-8)18-14(17-11)9(2)16-13(20)7-15-10(3)19/h4-6,9H,7H2,1-3H3,(H,15,19)(H,16,20)(H,17,18). The summed E-state index contributed by atoms with van der Waals surface area (Å²) in [6, 6.07) is 5.70. The second-order valence-corrected chi connectivity index (χ2v) is 4.84. The van der Waals surface area contributed by atoms with E-state index in [4.69, 9.17) is 0 Å². The topological polar surface area (TPSA) is 86.9 Å². The highest BCUT2D eigenvalue weighted by molar-refractivity contribution is 5.84. The number of nitrogens with zero attached hydrogens (tertiary/aromatic N) is 1. The fourth-order valence-corrected chi connectivity index (χ4v) is 1.91. The first-order valence-corrected chi connectivity index (χ1v) is 6.46. The molecule has 0 aliphatic carbocycles. The summed E-state index contributed by atoms with van der Waals surface area (Å²) in [5, 5.41) is 5.23. The Bertz CT molecular complexity index is 648. The Balaban J connectivity index is 2.05. The molecule has 20 heavy (non-hydrogen) atoms. The zero-order chi connectivity index (χ0) is 14.7. The van der Waals surface area contributed by atoms with Gasteiger partial charge in [-0.2, -0.15) is 0 Å². The minimum atomic E-state index is -0.246. The van der Waals surface area contributed by atoms with Crippen LogP contribution in [0.1, 0.15) is 31.3 Å². The van der Waals surface area contributed by atoms with E-state index in [9.17, 15) is 9.59 Å². The Morgan fingerprint density at radius 1 is 1.40 bits per heavy atom. The number of hydrogen-bond acceptors (Lipinski definition) is 3. The predicted molar refractivity (Wildman–Crippen MR) is 76.1 cm³/mol. The van der Waals surface area contributed by atoms with E-state index in [1.807, 2.05) is 32.0 Å². The van der Waals surface area contributed by atoms with Crippen LogP contribution in [0.2, 0.25) is 0 Å². The lowest BCUT2D eigenvalue weighted by Crippen LogP contribution is -2.37. The number of nitrogens with one attached hydrogen (secondary N) is 3. The van der Waals surface area contributed by atoms with Gasteiger partial charge in [-0.25, -0.2) is 4.98 Å². The van der Waals surface area contributed by atoms with Gasteiger partial charge in [0, 0.05) is 6.92 Å². The average molecular weight is 274 g/mol. The molecule has 2 amide bonds. The third-order valence-electron chi connectivity index (χ3n) is 2.94. The second kappa shape index (κ2) is 5.73. The highest BCUT2D eigenvalue weighted by Crippen LogP contribution is 2.17. The number of aromatic nitrogens is 2. The molecule has 0 aliphatic heterocycles. The third-order valence-corrected chi connectivity index (χ3v) is 2.94. The van der Waals surface area contributed by atoms with Crippen molar-refractivity contribution < 1.29 is 9.59 Å². The molecule has 2 rings (SSSR count). The number of H-pyrrole nitrogens is 1. The van der Waals surface area contributed by atoms with Gasteiger partial charge in [0.25, 0.3) is 0 Å². The molecule has 0 bridgehead atoms. The van der Waals surface area contributed by atoms with Crippen molar-refractivity contribution in [3.05, 3.63) is 29.6 Å². The zero-order valence-corrected chi connectivity index (χ0v) is 11.8. The van der Waals surface area contributed by atoms with Gasteiger partial charge in [-0.3, -0.25) is 9.59 Å². The van der Waals surface area contributed by atoms with Crippen molar-refractivity contribution in [2.24, 2.45) is 0 Å². The summed E-state index contributed by atoms with van der Waals surface area (Å²) < 4.78 is 0. The Labute approximate surface area is 117 Å². The molecule has 0 spiro atoms. The first kappa shape index (κ1) is 14.0. The number of hydrogen-bond donors (Lipinski definition) is 3. The highest BCUT2D eigenvalue weighted by Gasteiger charge is 2.13. The quantitative estimate of drug-likeness (QED) is 0.782. The fraction of sp³-hybridized carbons (Fsp3) is 0.357. The molecule has 3 N–H and O–H groups in total. The number of carbonyl (C=O) groups excluding carboxylic acids is 2. The molecule has 1 atom stereocenters. The van der Waals surface area contributed by atoms with Crippen LogP contribution in [0, 0.1) is 6.92 Å². The van der Waals surface area contributed by atoms with Gasteiger partial charge in [-0.15, -0.1) is 0 Å². The van der Waals surface area contributed by atoms with Crippen molar-refractivity contribution in [2.75, 3.05) is 6.54 Å². The van der Waals surface area contributed by atoms with Crippen molar-refractivity contribution in [3.63, 3.8) is 0 Å². The molecule has 0 aliphatic rings. The Morgan fingerprint density at radius 3 is 2.85 bits per heavy atom. The number of carbonyl (C=O) groups is 2. The second-order valence-electron chi connectivity index (χ2n) is 4.84. The summed E-state index contributed by atoms with van der Waals surface area (Å²) in [6.45, 7) is 5.20. The van der Waals surface area contributed by atoms with Gasteiger partial charge in [-0.1, -0.05) is 6.07 Å². The van der Waals surface area contributed by atoms with E-state index in [0.717, 1.165) is 16.6 Å². The highest BCUT2D eigenvalue weighted by atomic mass is 16.2. The summed E-state index contributed by atoms with van der Waals surface area (Å²) in [4.78, 5) is 30.0. The molecular formula is C14H18N4O2. The Kier molecular flexibility index (Phi) is 4.02. The van der Waals surface area contributed by atoms with Crippen LogP contribution in [0.15, 0.2) is 18.2 Å². The van der Waals surface area contributed by atoms with Gasteiger partial charge < -0.3 is 15.6 Å². The lowest BCUT2D eigenvalue weighted by atomic mass is 10.2. The molecule has 2 aromatic rings. The van der Waals surface area contributed by atoms with Crippen LogP contribution in [0.25, 0.3) is 11.0 Å². The van der Waals surface area contributed by atoms with E-state index in [-0.39, 0.29) is 24.4 Å². The summed E-state index contributed by atoms with van der Waals surface area (Å²) in [7, 11) is 0. The van der Waals surface area contributed by atoms with Gasteiger partial charge in [-0.05, 0) is 31.5 Å². The molecule has 6 nitrogen and oxygen atoms in total. The Hall–Kier alpha value is -2.37. The number of imidazole rings is 1. The lowest BCUT2D eigenvalue weighted by Gasteiger charge is -2.11. The first-order valence-electron chi connectivity index (χ1n) is 6.46. The number of aromatic amines is 1. The van der Waals surface area contributed by atoms with Crippen LogP contribution in [-0.2, 0) is 9.59 Å².